The number of hydrogen-bond acceptors (Lipinski definition) is 3. The van der Waals surface area contributed by atoms with Crippen LogP contribution in [0.15, 0.2) is 53.5 Å². The van der Waals surface area contributed by atoms with Crippen LogP contribution in [-0.4, -0.2) is 20.7 Å². The first-order valence-corrected chi connectivity index (χ1v) is 9.01. The van der Waals surface area contributed by atoms with Crippen LogP contribution in [0.1, 0.15) is 36.4 Å². The van der Waals surface area contributed by atoms with E-state index in [-0.39, 0.29) is 5.02 Å². The molecule has 0 saturated carbocycles. The minimum atomic E-state index is -4.53. The molecule has 1 atom stereocenters. The monoisotopic (exact) mass is 404 g/mol. The maximum absolute atomic E-state index is 13.3. The fourth-order valence-electron chi connectivity index (χ4n) is 3.63. The molecule has 0 aliphatic carbocycles. The first-order valence-electron chi connectivity index (χ1n) is 8.64. The van der Waals surface area contributed by atoms with Gasteiger partial charge in [-0.2, -0.15) is 13.2 Å². The highest BCUT2D eigenvalue weighted by molar-refractivity contribution is 6.32. The minimum Gasteiger partial charge on any atom is -0.276 e. The van der Waals surface area contributed by atoms with Crippen LogP contribution in [0, 0.1) is 0 Å². The van der Waals surface area contributed by atoms with Gasteiger partial charge in [0.25, 0.3) is 0 Å². The lowest BCUT2D eigenvalue weighted by molar-refractivity contribution is -0.137. The predicted octanol–water partition coefficient (Wildman–Crippen LogP) is 5.22. The largest absolute Gasteiger partial charge is 0.417 e. The van der Waals surface area contributed by atoms with Crippen LogP contribution in [0.5, 0.6) is 0 Å². The van der Waals surface area contributed by atoms with Crippen LogP contribution in [0.2, 0.25) is 5.02 Å². The van der Waals surface area contributed by atoms with Gasteiger partial charge in [-0.15, -0.1) is 5.10 Å². The van der Waals surface area contributed by atoms with Crippen molar-refractivity contribution in [3.8, 4) is 5.69 Å². The molecule has 0 spiro atoms. The molecule has 0 radical (unpaired) electrons. The molecule has 0 fully saturated rings. The molecule has 8 heteroatoms. The summed E-state index contributed by atoms with van der Waals surface area (Å²) in [6.45, 7) is 3.56. The Hall–Kier alpha value is -2.67. The number of aromatic nitrogens is 3. The van der Waals surface area contributed by atoms with Crippen LogP contribution in [-0.2, 0) is 18.1 Å². The van der Waals surface area contributed by atoms with Gasteiger partial charge in [-0.1, -0.05) is 47.1 Å². The van der Waals surface area contributed by atoms with Crippen LogP contribution < -0.4 is 0 Å². The van der Waals surface area contributed by atoms with Gasteiger partial charge < -0.3 is 0 Å². The molecular weight excluding hydrogens is 389 g/mol. The van der Waals surface area contributed by atoms with E-state index in [1.54, 1.807) is 24.6 Å². The quantitative estimate of drug-likeness (QED) is 0.587. The van der Waals surface area contributed by atoms with E-state index in [9.17, 15) is 13.2 Å². The Morgan fingerprint density at radius 1 is 1.07 bits per heavy atom. The first kappa shape index (κ1) is 18.7. The Balaban J connectivity index is 1.85. The molecule has 0 amide bonds. The van der Waals surface area contributed by atoms with Gasteiger partial charge in [0.1, 0.15) is 5.69 Å². The van der Waals surface area contributed by atoms with Gasteiger partial charge in [0.2, 0.25) is 0 Å². The summed E-state index contributed by atoms with van der Waals surface area (Å²) in [5.41, 5.74) is 1.36. The number of fused-ring (bicyclic) bond motifs is 1. The third-order valence-corrected chi connectivity index (χ3v) is 5.32. The molecule has 4 rings (SSSR count). The normalized spacial score (nSPS) is 19.3. The van der Waals surface area contributed by atoms with Crippen LogP contribution >= 0.6 is 11.6 Å². The van der Waals surface area contributed by atoms with Crippen molar-refractivity contribution in [1.82, 2.24) is 15.0 Å². The molecule has 144 valence electrons. The highest BCUT2D eigenvalue weighted by Crippen LogP contribution is 2.43. The lowest BCUT2D eigenvalue weighted by Gasteiger charge is -2.32. The summed E-state index contributed by atoms with van der Waals surface area (Å²) in [7, 11) is 0. The van der Waals surface area contributed by atoms with Crippen molar-refractivity contribution in [3.63, 3.8) is 0 Å². The lowest BCUT2D eigenvalue weighted by Crippen LogP contribution is -2.31. The van der Waals surface area contributed by atoms with E-state index >= 15 is 0 Å². The molecule has 1 aromatic heterocycles. The number of rotatable bonds is 2. The molecule has 28 heavy (non-hydrogen) atoms. The van der Waals surface area contributed by atoms with E-state index in [4.69, 9.17) is 11.6 Å². The zero-order valence-electron chi connectivity index (χ0n) is 15.1. The molecule has 3 aromatic rings. The summed E-state index contributed by atoms with van der Waals surface area (Å²) >= 11 is 6.19. The molecule has 1 aliphatic rings. The van der Waals surface area contributed by atoms with E-state index < -0.39 is 17.3 Å². The van der Waals surface area contributed by atoms with Crippen molar-refractivity contribution in [3.05, 3.63) is 76.1 Å². The highest BCUT2D eigenvalue weighted by Gasteiger charge is 2.40. The van der Waals surface area contributed by atoms with Gasteiger partial charge in [-0.3, -0.25) is 4.99 Å². The second-order valence-electron chi connectivity index (χ2n) is 6.94. The minimum absolute atomic E-state index is 0.322. The van der Waals surface area contributed by atoms with Gasteiger partial charge in [0, 0.05) is 6.42 Å². The zero-order valence-corrected chi connectivity index (χ0v) is 15.9. The molecule has 4 nitrogen and oxygen atoms in total. The number of halogens is 4. The van der Waals surface area contributed by atoms with E-state index in [1.165, 1.54) is 6.07 Å². The average molecular weight is 405 g/mol. The summed E-state index contributed by atoms with van der Waals surface area (Å²) in [6, 6.07) is 13.4. The number of hydrogen-bond donors (Lipinski definition) is 0. The van der Waals surface area contributed by atoms with Crippen LogP contribution in [0.25, 0.3) is 5.69 Å². The third-order valence-electron chi connectivity index (χ3n) is 4.92. The number of para-hydroxylation sites is 1. The summed E-state index contributed by atoms with van der Waals surface area (Å²) in [5, 5.41) is 8.13. The van der Waals surface area contributed by atoms with Gasteiger partial charge in [0.05, 0.1) is 33.2 Å². The SMILES string of the molecule is CC1=NC(C)(c2cccc(C(F)(F)F)c2Cl)Cc2c1nnn2-c1ccccc1. The predicted molar refractivity (Wildman–Crippen MR) is 101 cm³/mol. The summed E-state index contributed by atoms with van der Waals surface area (Å²) in [4.78, 5) is 4.67. The first-order chi connectivity index (χ1) is 13.2. The lowest BCUT2D eigenvalue weighted by atomic mass is 9.83. The summed E-state index contributed by atoms with van der Waals surface area (Å²) in [5.74, 6) is 0. The molecular formula is C20H16ClF3N4. The average Bonchev–Trinajstić information content (AvgIpc) is 3.05. The van der Waals surface area contributed by atoms with Crippen LogP contribution in [0.3, 0.4) is 0 Å². The van der Waals surface area contributed by atoms with E-state index in [1.807, 2.05) is 30.3 Å². The maximum Gasteiger partial charge on any atom is 0.417 e. The smallest absolute Gasteiger partial charge is 0.276 e. The van der Waals surface area contributed by atoms with E-state index in [2.05, 4.69) is 15.3 Å². The van der Waals surface area contributed by atoms with Crippen molar-refractivity contribution < 1.29 is 13.2 Å². The van der Waals surface area contributed by atoms with Crippen LogP contribution in [0.4, 0.5) is 13.2 Å². The van der Waals surface area contributed by atoms with Crippen molar-refractivity contribution >= 4 is 17.3 Å². The van der Waals surface area contributed by atoms with Gasteiger partial charge in [-0.05, 0) is 37.6 Å². The highest BCUT2D eigenvalue weighted by atomic mass is 35.5. The Morgan fingerprint density at radius 2 is 1.79 bits per heavy atom. The van der Waals surface area contributed by atoms with E-state index in [0.29, 0.717) is 23.4 Å². The Kier molecular flexibility index (Phi) is 4.30. The number of nitrogens with zero attached hydrogens (tertiary/aromatic N) is 4. The van der Waals surface area contributed by atoms with Gasteiger partial charge >= 0.3 is 6.18 Å². The molecule has 0 N–H and O–H groups in total. The number of alkyl halides is 3. The Morgan fingerprint density at radius 3 is 2.46 bits per heavy atom. The molecule has 2 heterocycles. The standard InChI is InChI=1S/C20H16ClF3N4/c1-12-18-16(28(27-26-18)13-7-4-3-5-8-13)11-19(2,25-12)14-9-6-10-15(17(14)21)20(22,23)24/h3-10H,11H2,1-2H3. The van der Waals surface area contributed by atoms with Crippen molar-refractivity contribution in [2.24, 2.45) is 4.99 Å². The third kappa shape index (κ3) is 2.99. The van der Waals surface area contributed by atoms with Gasteiger partial charge in [0.15, 0.2) is 0 Å². The summed E-state index contributed by atoms with van der Waals surface area (Å²) < 4.78 is 41.7. The molecule has 0 bridgehead atoms. The fourth-order valence-corrected chi connectivity index (χ4v) is 4.07. The second kappa shape index (κ2) is 6.44. The molecule has 1 aliphatic heterocycles. The fraction of sp³-hybridized carbons (Fsp3) is 0.250. The van der Waals surface area contributed by atoms with Crippen molar-refractivity contribution in [2.45, 2.75) is 32.0 Å². The molecule has 0 saturated heterocycles. The van der Waals surface area contributed by atoms with Gasteiger partial charge in [-0.25, -0.2) is 4.68 Å². The van der Waals surface area contributed by atoms with Crippen molar-refractivity contribution in [2.75, 3.05) is 0 Å². The topological polar surface area (TPSA) is 43.1 Å². The number of benzene rings is 2. The van der Waals surface area contributed by atoms with Crippen molar-refractivity contribution in [1.29, 1.82) is 0 Å². The Bertz CT molecular complexity index is 1070. The van der Waals surface area contributed by atoms with E-state index in [0.717, 1.165) is 17.4 Å². The number of aliphatic imine (C=N–C) groups is 1. The Labute approximate surface area is 164 Å². The molecule has 2 aromatic carbocycles. The zero-order chi connectivity index (χ0) is 20.1. The molecule has 1 unspecified atom stereocenters. The second-order valence-corrected chi connectivity index (χ2v) is 7.32. The summed E-state index contributed by atoms with van der Waals surface area (Å²) in [6.07, 6.45) is -4.21. The maximum atomic E-state index is 13.3.